The van der Waals surface area contributed by atoms with Gasteiger partial charge in [0.05, 0.1) is 24.0 Å². The van der Waals surface area contributed by atoms with E-state index >= 15 is 0 Å². The zero-order chi connectivity index (χ0) is 25.8. The first-order valence-corrected chi connectivity index (χ1v) is 13.8. The van der Waals surface area contributed by atoms with E-state index in [1.54, 1.807) is 0 Å². The SMILES string of the molecule is CCc1ccc(-c2cc(C(=O)N3Cc4cnn(CC)c4C3)cc3cc(C(C)C)n(CC4CC4)c23)c(C)n1. The van der Waals surface area contributed by atoms with Crippen LogP contribution in [0.25, 0.3) is 22.0 Å². The third-order valence-corrected chi connectivity index (χ3v) is 8.12. The summed E-state index contributed by atoms with van der Waals surface area (Å²) in [6.45, 7) is 14.0. The number of aromatic nitrogens is 4. The molecule has 0 atom stereocenters. The summed E-state index contributed by atoms with van der Waals surface area (Å²) in [5, 5.41) is 5.62. The Morgan fingerprint density at radius 1 is 1.08 bits per heavy atom. The molecule has 0 bridgehead atoms. The van der Waals surface area contributed by atoms with Crippen LogP contribution >= 0.6 is 0 Å². The molecule has 4 aromatic rings. The van der Waals surface area contributed by atoms with Crippen molar-refractivity contribution in [3.05, 3.63) is 70.4 Å². The maximum Gasteiger partial charge on any atom is 0.254 e. The van der Waals surface area contributed by atoms with Gasteiger partial charge < -0.3 is 9.47 Å². The van der Waals surface area contributed by atoms with Crippen molar-refractivity contribution in [2.45, 2.75) is 86.0 Å². The van der Waals surface area contributed by atoms with E-state index in [2.05, 4.69) is 74.6 Å². The molecule has 3 aromatic heterocycles. The topological polar surface area (TPSA) is 56.0 Å². The quantitative estimate of drug-likeness (QED) is 0.295. The van der Waals surface area contributed by atoms with Crippen LogP contribution in [0.15, 0.2) is 36.5 Å². The fraction of sp³-hybridized carbons (Fsp3) is 0.452. The Morgan fingerprint density at radius 2 is 1.89 bits per heavy atom. The largest absolute Gasteiger partial charge is 0.344 e. The summed E-state index contributed by atoms with van der Waals surface area (Å²) in [5.74, 6) is 1.24. The maximum atomic E-state index is 13.9. The summed E-state index contributed by atoms with van der Waals surface area (Å²) in [4.78, 5) is 20.8. The molecule has 0 spiro atoms. The minimum Gasteiger partial charge on any atom is -0.344 e. The first-order chi connectivity index (χ1) is 17.9. The monoisotopic (exact) mass is 495 g/mol. The third-order valence-electron chi connectivity index (χ3n) is 8.12. The molecule has 192 valence electrons. The first-order valence-electron chi connectivity index (χ1n) is 13.8. The van der Waals surface area contributed by atoms with Crippen molar-refractivity contribution in [3.63, 3.8) is 0 Å². The predicted molar refractivity (Wildman–Crippen MR) is 148 cm³/mol. The number of aryl methyl sites for hydroxylation is 3. The molecule has 1 saturated carbocycles. The van der Waals surface area contributed by atoms with Gasteiger partial charge in [-0.05, 0) is 69.2 Å². The smallest absolute Gasteiger partial charge is 0.254 e. The van der Waals surface area contributed by atoms with Crippen molar-refractivity contribution in [3.8, 4) is 11.1 Å². The lowest BCUT2D eigenvalue weighted by molar-refractivity contribution is 0.0748. The molecule has 2 aliphatic rings. The van der Waals surface area contributed by atoms with Gasteiger partial charge in [0, 0.05) is 64.4 Å². The molecule has 37 heavy (non-hydrogen) atoms. The molecular formula is C31H37N5O. The number of hydrogen-bond acceptors (Lipinski definition) is 3. The Hall–Kier alpha value is -3.41. The van der Waals surface area contributed by atoms with Gasteiger partial charge >= 0.3 is 0 Å². The van der Waals surface area contributed by atoms with Crippen LogP contribution in [0, 0.1) is 12.8 Å². The van der Waals surface area contributed by atoms with Crippen molar-refractivity contribution >= 4 is 16.8 Å². The standard InChI is InChI=1S/C31H37N5O/c1-6-25-10-11-26(20(5)33-25)27-13-23(31(37)34-17-24-15-32-36(7-2)29(24)18-34)12-22-14-28(19(3)4)35(30(22)27)16-21-8-9-21/h10-15,19,21H,6-9,16-18H2,1-5H3. The van der Waals surface area contributed by atoms with Gasteiger partial charge in [-0.3, -0.25) is 14.5 Å². The van der Waals surface area contributed by atoms with E-state index in [0.717, 1.165) is 70.2 Å². The Kier molecular flexibility index (Phi) is 5.93. The average Bonchev–Trinajstić information content (AvgIpc) is 3.30. The number of carbonyl (C=O) groups is 1. The minimum absolute atomic E-state index is 0.0823. The second-order valence-corrected chi connectivity index (χ2v) is 11.1. The van der Waals surface area contributed by atoms with Crippen LogP contribution in [0.4, 0.5) is 0 Å². The molecule has 6 nitrogen and oxygen atoms in total. The van der Waals surface area contributed by atoms with Crippen LogP contribution in [0.1, 0.15) is 85.2 Å². The summed E-state index contributed by atoms with van der Waals surface area (Å²) < 4.78 is 4.55. The molecule has 1 aliphatic heterocycles. The van der Waals surface area contributed by atoms with Crippen LogP contribution < -0.4 is 0 Å². The van der Waals surface area contributed by atoms with Gasteiger partial charge in [0.25, 0.3) is 5.91 Å². The van der Waals surface area contributed by atoms with Gasteiger partial charge in [0.1, 0.15) is 0 Å². The number of carbonyl (C=O) groups excluding carboxylic acids is 1. The highest BCUT2D eigenvalue weighted by molar-refractivity contribution is 6.04. The van der Waals surface area contributed by atoms with Gasteiger partial charge in [0.15, 0.2) is 0 Å². The molecule has 0 unspecified atom stereocenters. The highest BCUT2D eigenvalue weighted by Crippen LogP contribution is 2.40. The van der Waals surface area contributed by atoms with Crippen LogP contribution in [0.2, 0.25) is 0 Å². The number of rotatable bonds is 7. The summed E-state index contributed by atoms with van der Waals surface area (Å²) >= 11 is 0. The van der Waals surface area contributed by atoms with E-state index < -0.39 is 0 Å². The van der Waals surface area contributed by atoms with Gasteiger partial charge in [-0.1, -0.05) is 26.8 Å². The van der Waals surface area contributed by atoms with Crippen molar-refractivity contribution in [2.24, 2.45) is 5.92 Å². The second-order valence-electron chi connectivity index (χ2n) is 11.1. The van der Waals surface area contributed by atoms with Crippen molar-refractivity contribution < 1.29 is 4.79 Å². The van der Waals surface area contributed by atoms with E-state index in [0.29, 0.717) is 19.0 Å². The molecule has 1 fully saturated rings. The Morgan fingerprint density at radius 3 is 2.57 bits per heavy atom. The Bertz CT molecular complexity index is 1500. The molecule has 0 N–H and O–H groups in total. The highest BCUT2D eigenvalue weighted by atomic mass is 16.2. The average molecular weight is 496 g/mol. The zero-order valence-electron chi connectivity index (χ0n) is 22.7. The van der Waals surface area contributed by atoms with E-state index in [-0.39, 0.29) is 5.91 Å². The van der Waals surface area contributed by atoms with E-state index in [1.165, 1.54) is 24.1 Å². The Balaban J connectivity index is 1.50. The molecule has 6 rings (SSSR count). The normalized spacial score (nSPS) is 15.2. The molecule has 0 saturated heterocycles. The Labute approximate surface area is 219 Å². The van der Waals surface area contributed by atoms with Gasteiger partial charge in [0.2, 0.25) is 0 Å². The van der Waals surface area contributed by atoms with Crippen LogP contribution in [-0.2, 0) is 32.6 Å². The van der Waals surface area contributed by atoms with Crippen LogP contribution in [-0.4, -0.2) is 30.1 Å². The van der Waals surface area contributed by atoms with Gasteiger partial charge in [-0.2, -0.15) is 5.10 Å². The van der Waals surface area contributed by atoms with E-state index in [1.807, 2.05) is 15.8 Å². The minimum atomic E-state index is 0.0823. The highest BCUT2D eigenvalue weighted by Gasteiger charge is 2.30. The number of pyridine rings is 1. The molecule has 1 aliphatic carbocycles. The van der Waals surface area contributed by atoms with E-state index in [9.17, 15) is 4.79 Å². The summed E-state index contributed by atoms with van der Waals surface area (Å²) in [5.41, 5.74) is 10.0. The zero-order valence-corrected chi connectivity index (χ0v) is 22.7. The molecule has 4 heterocycles. The van der Waals surface area contributed by atoms with Crippen molar-refractivity contribution in [1.29, 1.82) is 0 Å². The summed E-state index contributed by atoms with van der Waals surface area (Å²) in [7, 11) is 0. The van der Waals surface area contributed by atoms with Crippen molar-refractivity contribution in [2.75, 3.05) is 0 Å². The molecular weight excluding hydrogens is 458 g/mol. The number of nitrogens with zero attached hydrogens (tertiary/aromatic N) is 5. The number of benzene rings is 1. The fourth-order valence-electron chi connectivity index (χ4n) is 5.90. The second kappa shape index (κ2) is 9.16. The number of fused-ring (bicyclic) bond motifs is 2. The van der Waals surface area contributed by atoms with Crippen LogP contribution in [0.5, 0.6) is 0 Å². The first kappa shape index (κ1) is 24.0. The van der Waals surface area contributed by atoms with Crippen molar-refractivity contribution in [1.82, 2.24) is 24.2 Å². The summed E-state index contributed by atoms with van der Waals surface area (Å²) in [6.07, 6.45) is 5.44. The lowest BCUT2D eigenvalue weighted by atomic mass is 9.97. The number of amides is 1. The molecule has 0 radical (unpaired) electrons. The van der Waals surface area contributed by atoms with Crippen LogP contribution in [0.3, 0.4) is 0 Å². The molecule has 1 aromatic carbocycles. The number of hydrogen-bond donors (Lipinski definition) is 0. The molecule has 1 amide bonds. The third kappa shape index (κ3) is 4.16. The lowest BCUT2D eigenvalue weighted by Crippen LogP contribution is -2.26. The maximum absolute atomic E-state index is 13.9. The lowest BCUT2D eigenvalue weighted by Gasteiger charge is -2.19. The molecule has 6 heteroatoms. The van der Waals surface area contributed by atoms with Gasteiger partial charge in [-0.15, -0.1) is 0 Å². The predicted octanol–water partition coefficient (Wildman–Crippen LogP) is 6.48. The fourth-order valence-corrected chi connectivity index (χ4v) is 5.90. The van der Waals surface area contributed by atoms with Gasteiger partial charge in [-0.25, -0.2) is 0 Å². The summed E-state index contributed by atoms with van der Waals surface area (Å²) in [6, 6.07) is 10.9. The van der Waals surface area contributed by atoms with E-state index in [4.69, 9.17) is 4.98 Å².